The first-order chi connectivity index (χ1) is 11.8. The molecule has 1 aliphatic heterocycles. The van der Waals surface area contributed by atoms with Gasteiger partial charge in [0, 0.05) is 20.5 Å². The summed E-state index contributed by atoms with van der Waals surface area (Å²) in [6, 6.07) is 7.74. The second-order valence-corrected chi connectivity index (χ2v) is 5.72. The van der Waals surface area contributed by atoms with Crippen molar-refractivity contribution >= 4 is 11.9 Å². The van der Waals surface area contributed by atoms with E-state index >= 15 is 0 Å². The summed E-state index contributed by atoms with van der Waals surface area (Å²) in [5, 5.41) is 5.72. The lowest BCUT2D eigenvalue weighted by Gasteiger charge is -2.20. The van der Waals surface area contributed by atoms with Crippen LogP contribution in [0.2, 0.25) is 0 Å². The van der Waals surface area contributed by atoms with Gasteiger partial charge in [0.25, 0.3) is 0 Å². The van der Waals surface area contributed by atoms with Crippen molar-refractivity contribution in [3.63, 3.8) is 0 Å². The van der Waals surface area contributed by atoms with Crippen LogP contribution in [0.5, 0.6) is 5.75 Å². The maximum absolute atomic E-state index is 12.3. The highest BCUT2D eigenvalue weighted by Crippen LogP contribution is 2.27. The number of nitrogens with zero attached hydrogens (tertiary/aromatic N) is 2. The Hall–Kier alpha value is -2.45. The van der Waals surface area contributed by atoms with Crippen LogP contribution in [-0.4, -0.2) is 62.8 Å². The number of para-hydroxylation sites is 1. The van der Waals surface area contributed by atoms with Crippen molar-refractivity contribution in [3.05, 3.63) is 29.8 Å². The standard InChI is InChI=1S/C16H21F3N4O2/c1-20-15(22-9-14(24)23(2)10-16(17,18)19)21-8-12-7-11-5-3-4-6-13(11)25-12/h3-6,12H,7-10H2,1-2H3,(H2,20,21,22). The Morgan fingerprint density at radius 1 is 1.36 bits per heavy atom. The quantitative estimate of drug-likeness (QED) is 0.613. The lowest BCUT2D eigenvalue weighted by molar-refractivity contribution is -0.157. The minimum Gasteiger partial charge on any atom is -0.488 e. The van der Waals surface area contributed by atoms with Crippen molar-refractivity contribution in [2.45, 2.75) is 18.7 Å². The van der Waals surface area contributed by atoms with E-state index in [-0.39, 0.29) is 12.6 Å². The third-order valence-electron chi connectivity index (χ3n) is 3.68. The number of hydrogen-bond acceptors (Lipinski definition) is 3. The summed E-state index contributed by atoms with van der Waals surface area (Å²) in [5.41, 5.74) is 1.13. The highest BCUT2D eigenvalue weighted by Gasteiger charge is 2.31. The SMILES string of the molecule is CN=C(NCC(=O)N(C)CC(F)(F)F)NCC1Cc2ccccc2O1. The zero-order chi connectivity index (χ0) is 18.4. The number of hydrogen-bond donors (Lipinski definition) is 2. The highest BCUT2D eigenvalue weighted by atomic mass is 19.4. The first kappa shape index (κ1) is 18.9. The molecule has 1 atom stereocenters. The minimum atomic E-state index is -4.42. The lowest BCUT2D eigenvalue weighted by atomic mass is 10.1. The Bertz CT molecular complexity index is 609. The third-order valence-corrected chi connectivity index (χ3v) is 3.68. The van der Waals surface area contributed by atoms with Crippen molar-refractivity contribution in [2.24, 2.45) is 4.99 Å². The van der Waals surface area contributed by atoms with Gasteiger partial charge in [0.15, 0.2) is 5.96 Å². The number of rotatable bonds is 5. The van der Waals surface area contributed by atoms with Gasteiger partial charge in [-0.05, 0) is 11.6 Å². The average molecular weight is 358 g/mol. The molecule has 1 unspecified atom stereocenters. The van der Waals surface area contributed by atoms with Crippen LogP contribution in [0.15, 0.2) is 29.3 Å². The summed E-state index contributed by atoms with van der Waals surface area (Å²) in [6.07, 6.45) is -3.73. The highest BCUT2D eigenvalue weighted by molar-refractivity contribution is 5.86. The second kappa shape index (κ2) is 8.09. The summed E-state index contributed by atoms with van der Waals surface area (Å²) >= 11 is 0. The number of likely N-dealkylation sites (N-methyl/N-ethyl adjacent to an activating group) is 1. The van der Waals surface area contributed by atoms with Gasteiger partial charge >= 0.3 is 6.18 Å². The van der Waals surface area contributed by atoms with Gasteiger partial charge < -0.3 is 20.3 Å². The molecule has 2 N–H and O–H groups in total. The van der Waals surface area contributed by atoms with E-state index in [4.69, 9.17) is 4.74 Å². The molecule has 0 saturated heterocycles. The summed E-state index contributed by atoms with van der Waals surface area (Å²) in [5.74, 6) is 0.499. The fraction of sp³-hybridized carbons (Fsp3) is 0.500. The van der Waals surface area contributed by atoms with E-state index in [1.54, 1.807) is 0 Å². The molecule has 1 amide bonds. The molecule has 2 rings (SSSR count). The van der Waals surface area contributed by atoms with E-state index in [0.717, 1.165) is 24.8 Å². The van der Waals surface area contributed by atoms with Gasteiger partial charge in [-0.3, -0.25) is 9.79 Å². The zero-order valence-electron chi connectivity index (χ0n) is 14.1. The van der Waals surface area contributed by atoms with Gasteiger partial charge in [-0.25, -0.2) is 0 Å². The molecule has 0 spiro atoms. The molecule has 138 valence electrons. The van der Waals surface area contributed by atoms with Crippen molar-refractivity contribution < 1.29 is 22.7 Å². The molecule has 1 heterocycles. The molecule has 0 radical (unpaired) electrons. The van der Waals surface area contributed by atoms with Crippen LogP contribution in [0.3, 0.4) is 0 Å². The second-order valence-electron chi connectivity index (χ2n) is 5.72. The normalized spacial score (nSPS) is 16.8. The number of benzene rings is 1. The predicted octanol–water partition coefficient (Wildman–Crippen LogP) is 1.18. The molecule has 1 aliphatic rings. The smallest absolute Gasteiger partial charge is 0.406 e. The number of nitrogens with one attached hydrogen (secondary N) is 2. The molecule has 0 aliphatic carbocycles. The monoisotopic (exact) mass is 358 g/mol. The van der Waals surface area contributed by atoms with E-state index in [0.29, 0.717) is 17.4 Å². The minimum absolute atomic E-state index is 0.0699. The van der Waals surface area contributed by atoms with Crippen LogP contribution >= 0.6 is 0 Å². The molecule has 6 nitrogen and oxygen atoms in total. The van der Waals surface area contributed by atoms with Crippen molar-refractivity contribution in [1.29, 1.82) is 0 Å². The van der Waals surface area contributed by atoms with Crippen LogP contribution in [0, 0.1) is 0 Å². The fourth-order valence-corrected chi connectivity index (χ4v) is 2.45. The van der Waals surface area contributed by atoms with Crippen LogP contribution < -0.4 is 15.4 Å². The Balaban J connectivity index is 1.74. The van der Waals surface area contributed by atoms with Crippen LogP contribution in [-0.2, 0) is 11.2 Å². The molecule has 0 bridgehead atoms. The number of amides is 1. The molecule has 1 aromatic carbocycles. The predicted molar refractivity (Wildman–Crippen MR) is 87.6 cm³/mol. The van der Waals surface area contributed by atoms with Gasteiger partial charge in [0.1, 0.15) is 18.4 Å². The van der Waals surface area contributed by atoms with Crippen molar-refractivity contribution in [3.8, 4) is 5.75 Å². The number of aliphatic imine (C=N–C) groups is 1. The van der Waals surface area contributed by atoms with E-state index in [2.05, 4.69) is 15.6 Å². The van der Waals surface area contributed by atoms with Crippen LogP contribution in [0.4, 0.5) is 13.2 Å². The number of carbonyl (C=O) groups excluding carboxylic acids is 1. The van der Waals surface area contributed by atoms with Gasteiger partial charge in [-0.2, -0.15) is 13.2 Å². The largest absolute Gasteiger partial charge is 0.488 e. The van der Waals surface area contributed by atoms with E-state index in [1.807, 2.05) is 24.3 Å². The number of fused-ring (bicyclic) bond motifs is 1. The van der Waals surface area contributed by atoms with E-state index < -0.39 is 18.6 Å². The summed E-state index contributed by atoms with van der Waals surface area (Å²) in [7, 11) is 2.63. The third kappa shape index (κ3) is 5.84. The molecule has 9 heteroatoms. The van der Waals surface area contributed by atoms with E-state index in [9.17, 15) is 18.0 Å². The maximum Gasteiger partial charge on any atom is 0.406 e. The summed E-state index contributed by atoms with van der Waals surface area (Å²) < 4.78 is 42.6. The first-order valence-corrected chi connectivity index (χ1v) is 7.78. The van der Waals surface area contributed by atoms with Crippen molar-refractivity contribution in [2.75, 3.05) is 33.7 Å². The van der Waals surface area contributed by atoms with Gasteiger partial charge in [0.2, 0.25) is 5.91 Å². The Kier molecular flexibility index (Phi) is 6.11. The van der Waals surface area contributed by atoms with Gasteiger partial charge in [-0.15, -0.1) is 0 Å². The Morgan fingerprint density at radius 2 is 2.08 bits per heavy atom. The molecular formula is C16H21F3N4O2. The first-order valence-electron chi connectivity index (χ1n) is 7.78. The number of guanidine groups is 1. The molecular weight excluding hydrogens is 337 g/mol. The topological polar surface area (TPSA) is 66.0 Å². The summed E-state index contributed by atoms with van der Waals surface area (Å²) in [6.45, 7) is -1.10. The number of ether oxygens (including phenoxy) is 1. The molecule has 0 fully saturated rings. The Labute approximate surface area is 144 Å². The zero-order valence-corrected chi connectivity index (χ0v) is 14.1. The Morgan fingerprint density at radius 3 is 2.72 bits per heavy atom. The number of alkyl halides is 3. The molecule has 25 heavy (non-hydrogen) atoms. The van der Waals surface area contributed by atoms with Gasteiger partial charge in [0.05, 0.1) is 13.1 Å². The number of halogens is 3. The lowest BCUT2D eigenvalue weighted by Crippen LogP contribution is -2.47. The molecule has 1 aromatic rings. The van der Waals surface area contributed by atoms with Crippen LogP contribution in [0.1, 0.15) is 5.56 Å². The van der Waals surface area contributed by atoms with Crippen molar-refractivity contribution in [1.82, 2.24) is 15.5 Å². The average Bonchev–Trinajstić information content (AvgIpc) is 2.96. The fourth-order valence-electron chi connectivity index (χ4n) is 2.45. The van der Waals surface area contributed by atoms with E-state index in [1.165, 1.54) is 7.05 Å². The maximum atomic E-state index is 12.3. The molecule has 0 saturated carbocycles. The number of carbonyl (C=O) groups is 1. The van der Waals surface area contributed by atoms with Gasteiger partial charge in [-0.1, -0.05) is 18.2 Å². The van der Waals surface area contributed by atoms with Crippen LogP contribution in [0.25, 0.3) is 0 Å². The molecule has 0 aromatic heterocycles. The summed E-state index contributed by atoms with van der Waals surface area (Å²) in [4.78, 5) is 16.3.